The zero-order chi connectivity index (χ0) is 20.2. The van der Waals surface area contributed by atoms with Gasteiger partial charge in [0.2, 0.25) is 0 Å². The Morgan fingerprint density at radius 1 is 0.963 bits per heavy atom. The number of aryl methyl sites for hydroxylation is 1. The van der Waals surface area contributed by atoms with Crippen molar-refractivity contribution in [1.29, 1.82) is 0 Å². The van der Waals surface area contributed by atoms with Gasteiger partial charge in [-0.1, -0.05) is 24.3 Å². The van der Waals surface area contributed by atoms with Crippen molar-refractivity contribution in [1.82, 2.24) is 5.32 Å². The van der Waals surface area contributed by atoms with Crippen LogP contribution < -0.4 is 10.1 Å². The van der Waals surface area contributed by atoms with E-state index in [4.69, 9.17) is 4.74 Å². The molecular weight excluding hydrogens is 358 g/mol. The van der Waals surface area contributed by atoms with E-state index in [1.54, 1.807) is 6.07 Å². The molecule has 2 aromatic carbocycles. The zero-order valence-electron chi connectivity index (χ0n) is 16.0. The quantitative estimate of drug-likeness (QED) is 0.623. The summed E-state index contributed by atoms with van der Waals surface area (Å²) in [6.07, 6.45) is -4.55. The molecule has 0 aliphatic rings. The van der Waals surface area contributed by atoms with Gasteiger partial charge >= 0.3 is 6.18 Å². The number of rotatable bonds is 6. The van der Waals surface area contributed by atoms with Crippen LogP contribution in [0.5, 0.6) is 5.75 Å². The van der Waals surface area contributed by atoms with E-state index in [9.17, 15) is 17.6 Å². The highest BCUT2D eigenvalue weighted by molar-refractivity contribution is 5.38. The molecule has 0 aliphatic heterocycles. The maximum atomic E-state index is 13.2. The second-order valence-electron chi connectivity index (χ2n) is 7.61. The molecule has 1 N–H and O–H groups in total. The molecule has 2 rings (SSSR count). The van der Waals surface area contributed by atoms with Crippen molar-refractivity contribution < 1.29 is 22.3 Å². The number of ether oxygens (including phenoxy) is 1. The van der Waals surface area contributed by atoms with Gasteiger partial charge in [0, 0.05) is 17.6 Å². The van der Waals surface area contributed by atoms with E-state index in [2.05, 4.69) is 26.1 Å². The minimum absolute atomic E-state index is 0.00189. The molecule has 0 fully saturated rings. The van der Waals surface area contributed by atoms with Gasteiger partial charge in [-0.3, -0.25) is 0 Å². The van der Waals surface area contributed by atoms with E-state index in [1.165, 1.54) is 12.1 Å². The summed E-state index contributed by atoms with van der Waals surface area (Å²) in [5, 5.41) is 3.38. The highest BCUT2D eigenvalue weighted by Crippen LogP contribution is 2.33. The largest absolute Gasteiger partial charge is 0.489 e. The van der Waals surface area contributed by atoms with Crippen LogP contribution in [0.1, 0.15) is 48.6 Å². The van der Waals surface area contributed by atoms with Gasteiger partial charge in [0.25, 0.3) is 0 Å². The van der Waals surface area contributed by atoms with Gasteiger partial charge < -0.3 is 10.1 Å². The van der Waals surface area contributed by atoms with Crippen LogP contribution in [0.2, 0.25) is 0 Å². The van der Waals surface area contributed by atoms with Gasteiger partial charge in [-0.05, 0) is 56.5 Å². The number of nitrogens with one attached hydrogen (secondary N) is 1. The number of hydrogen-bond donors (Lipinski definition) is 1. The van der Waals surface area contributed by atoms with Gasteiger partial charge in [0.15, 0.2) is 0 Å². The van der Waals surface area contributed by atoms with Crippen LogP contribution in [0.25, 0.3) is 0 Å². The van der Waals surface area contributed by atoms with Crippen molar-refractivity contribution in [2.75, 3.05) is 0 Å². The standard InChI is InChI=1S/C21H25F4NO/c1-14-9-16(12-26-20(2,3)4)6-8-19(14)27-13-17-7-5-15(11-22)10-18(17)21(23,24)25/h5-10,26H,11-13H2,1-4H3. The monoisotopic (exact) mass is 383 g/mol. The van der Waals surface area contributed by atoms with Crippen LogP contribution >= 0.6 is 0 Å². The van der Waals surface area contributed by atoms with Crippen LogP contribution in [0.15, 0.2) is 36.4 Å². The summed E-state index contributed by atoms with van der Waals surface area (Å²) in [5.74, 6) is 0.525. The fourth-order valence-electron chi connectivity index (χ4n) is 2.60. The SMILES string of the molecule is Cc1cc(CNC(C)(C)C)ccc1OCc1ccc(CF)cc1C(F)(F)F. The molecule has 0 saturated carbocycles. The van der Waals surface area contributed by atoms with E-state index >= 15 is 0 Å². The van der Waals surface area contributed by atoms with Crippen molar-refractivity contribution in [3.05, 3.63) is 64.2 Å². The first-order chi connectivity index (χ1) is 12.5. The minimum Gasteiger partial charge on any atom is -0.489 e. The summed E-state index contributed by atoms with van der Waals surface area (Å²) in [4.78, 5) is 0. The average molecular weight is 383 g/mol. The molecule has 6 heteroatoms. The smallest absolute Gasteiger partial charge is 0.416 e. The molecule has 0 saturated heterocycles. The normalized spacial score (nSPS) is 12.3. The lowest BCUT2D eigenvalue weighted by Crippen LogP contribution is -2.35. The van der Waals surface area contributed by atoms with Crippen LogP contribution in [0, 0.1) is 6.92 Å². The van der Waals surface area contributed by atoms with E-state index in [-0.39, 0.29) is 23.3 Å². The summed E-state index contributed by atoms with van der Waals surface area (Å²) in [7, 11) is 0. The van der Waals surface area contributed by atoms with Crippen LogP contribution in [0.3, 0.4) is 0 Å². The van der Waals surface area contributed by atoms with Crippen molar-refractivity contribution in [3.63, 3.8) is 0 Å². The van der Waals surface area contributed by atoms with E-state index in [1.807, 2.05) is 19.1 Å². The van der Waals surface area contributed by atoms with Crippen LogP contribution in [-0.4, -0.2) is 5.54 Å². The first kappa shape index (κ1) is 21.2. The summed E-state index contributed by atoms with van der Waals surface area (Å²) in [6, 6.07) is 9.06. The zero-order valence-corrected chi connectivity index (χ0v) is 16.0. The van der Waals surface area contributed by atoms with Crippen LogP contribution in [-0.2, 0) is 26.0 Å². The first-order valence-electron chi connectivity index (χ1n) is 8.72. The van der Waals surface area contributed by atoms with Crippen molar-refractivity contribution >= 4 is 0 Å². The molecule has 0 aliphatic carbocycles. The Hall–Kier alpha value is -2.08. The number of alkyl halides is 4. The second kappa shape index (κ2) is 8.30. The predicted molar refractivity (Wildman–Crippen MR) is 98.4 cm³/mol. The van der Waals surface area contributed by atoms with Crippen molar-refractivity contribution in [2.24, 2.45) is 0 Å². The molecule has 0 aromatic heterocycles. The third-order valence-corrected chi connectivity index (χ3v) is 4.08. The third-order valence-electron chi connectivity index (χ3n) is 4.08. The molecule has 0 spiro atoms. The Bertz CT molecular complexity index is 779. The molecular formula is C21H25F4NO. The summed E-state index contributed by atoms with van der Waals surface area (Å²) in [6.45, 7) is 7.59. The molecule has 2 aromatic rings. The highest BCUT2D eigenvalue weighted by Gasteiger charge is 2.33. The first-order valence-corrected chi connectivity index (χ1v) is 8.72. The molecule has 0 radical (unpaired) electrons. The van der Waals surface area contributed by atoms with Gasteiger partial charge in [-0.25, -0.2) is 4.39 Å². The molecule has 148 valence electrons. The van der Waals surface area contributed by atoms with E-state index in [0.29, 0.717) is 12.3 Å². The molecule has 27 heavy (non-hydrogen) atoms. The van der Waals surface area contributed by atoms with E-state index in [0.717, 1.165) is 17.2 Å². The third kappa shape index (κ3) is 6.24. The van der Waals surface area contributed by atoms with Gasteiger partial charge in [0.1, 0.15) is 19.0 Å². The highest BCUT2D eigenvalue weighted by atomic mass is 19.4. The topological polar surface area (TPSA) is 21.3 Å². The fraction of sp³-hybridized carbons (Fsp3) is 0.429. The molecule has 2 nitrogen and oxygen atoms in total. The van der Waals surface area contributed by atoms with Gasteiger partial charge in [-0.2, -0.15) is 13.2 Å². The molecule has 0 amide bonds. The summed E-state index contributed by atoms with van der Waals surface area (Å²) < 4.78 is 58.0. The Morgan fingerprint density at radius 2 is 1.63 bits per heavy atom. The molecule has 0 bridgehead atoms. The average Bonchev–Trinajstić information content (AvgIpc) is 2.57. The summed E-state index contributed by atoms with van der Waals surface area (Å²) >= 11 is 0. The summed E-state index contributed by atoms with van der Waals surface area (Å²) in [5.41, 5.74) is 1.02. The lowest BCUT2D eigenvalue weighted by molar-refractivity contribution is -0.138. The van der Waals surface area contributed by atoms with Gasteiger partial charge in [0.05, 0.1) is 5.56 Å². The Balaban J connectivity index is 2.13. The Labute approximate surface area is 157 Å². The van der Waals surface area contributed by atoms with E-state index < -0.39 is 18.4 Å². The van der Waals surface area contributed by atoms with Crippen molar-refractivity contribution in [3.8, 4) is 5.75 Å². The maximum absolute atomic E-state index is 13.2. The van der Waals surface area contributed by atoms with Crippen molar-refractivity contribution in [2.45, 2.75) is 59.2 Å². The number of benzene rings is 2. The van der Waals surface area contributed by atoms with Gasteiger partial charge in [-0.15, -0.1) is 0 Å². The molecule has 0 heterocycles. The lowest BCUT2D eigenvalue weighted by atomic mass is 10.0. The minimum atomic E-state index is -4.55. The fourth-order valence-corrected chi connectivity index (χ4v) is 2.60. The molecule has 0 atom stereocenters. The number of halogens is 4. The predicted octanol–water partition coefficient (Wildman–Crippen LogP) is 5.95. The van der Waals surface area contributed by atoms with Crippen LogP contribution in [0.4, 0.5) is 17.6 Å². The number of hydrogen-bond acceptors (Lipinski definition) is 2. The molecule has 0 unspecified atom stereocenters. The lowest BCUT2D eigenvalue weighted by Gasteiger charge is -2.21. The Morgan fingerprint density at radius 3 is 2.19 bits per heavy atom. The maximum Gasteiger partial charge on any atom is 0.416 e. The Kier molecular flexibility index (Phi) is 6.52. The second-order valence-corrected chi connectivity index (χ2v) is 7.61.